The van der Waals surface area contributed by atoms with Crippen LogP contribution in [0, 0.1) is 0 Å². The number of amides is 1. The second-order valence-corrected chi connectivity index (χ2v) is 4.67. The molecule has 0 unspecified atom stereocenters. The maximum atomic E-state index is 11.4. The normalized spacial score (nSPS) is 10.7. The summed E-state index contributed by atoms with van der Waals surface area (Å²) in [5, 5.41) is 2.33. The zero-order valence-electron chi connectivity index (χ0n) is 10.9. The molecule has 1 N–H and O–H groups in total. The van der Waals surface area contributed by atoms with Crippen LogP contribution in [-0.2, 0) is 25.0 Å². The summed E-state index contributed by atoms with van der Waals surface area (Å²) in [7, 11) is -2.73. The lowest BCUT2D eigenvalue weighted by molar-refractivity contribution is -0.143. The van der Waals surface area contributed by atoms with E-state index < -0.39 is 22.6 Å². The van der Waals surface area contributed by atoms with Crippen LogP contribution in [0.3, 0.4) is 0 Å². The first kappa shape index (κ1) is 15.9. The minimum absolute atomic E-state index is 0.136. The Hall–Kier alpha value is -2.15. The highest BCUT2D eigenvalue weighted by Gasteiger charge is 2.04. The molecule has 7 heteroatoms. The molecule has 0 atom stereocenters. The molecule has 6 nitrogen and oxygen atoms in total. The van der Waals surface area contributed by atoms with Crippen molar-refractivity contribution < 1.29 is 22.7 Å². The van der Waals surface area contributed by atoms with Crippen LogP contribution >= 0.6 is 0 Å². The summed E-state index contributed by atoms with van der Waals surface area (Å²) in [5.74, 6) is -1.04. The minimum Gasteiger partial charge on any atom is -0.465 e. The Morgan fingerprint density at radius 2 is 2.00 bits per heavy atom. The first-order valence-electron chi connectivity index (χ1n) is 5.89. The zero-order valence-corrected chi connectivity index (χ0v) is 11.8. The lowest BCUT2D eigenvalue weighted by atomic mass is 10.2. The third-order valence-corrected chi connectivity index (χ3v) is 3.06. The van der Waals surface area contributed by atoms with Gasteiger partial charge in [0, 0.05) is 6.08 Å². The average molecular weight is 297 g/mol. The van der Waals surface area contributed by atoms with Crippen LogP contribution in [0.15, 0.2) is 35.2 Å². The van der Waals surface area contributed by atoms with Gasteiger partial charge in [-0.1, -0.05) is 18.2 Å². The number of carbonyl (C=O) groups is 2. The molecule has 0 aliphatic heterocycles. The van der Waals surface area contributed by atoms with Crippen LogP contribution in [0.25, 0.3) is 6.08 Å². The predicted molar refractivity (Wildman–Crippen MR) is 73.7 cm³/mol. The maximum Gasteiger partial charge on any atom is 0.325 e. The smallest absolute Gasteiger partial charge is 0.325 e. The highest BCUT2D eigenvalue weighted by Crippen LogP contribution is 2.11. The SMILES string of the molecule is CCOC(=O)CNC(=O)/C=C/c1ccccc1[SH](=O)=O. The van der Waals surface area contributed by atoms with Crippen molar-refractivity contribution in [3.05, 3.63) is 35.9 Å². The summed E-state index contributed by atoms with van der Waals surface area (Å²) in [6.45, 7) is 1.68. The van der Waals surface area contributed by atoms with E-state index in [-0.39, 0.29) is 18.0 Å². The first-order valence-corrected chi connectivity index (χ1v) is 7.07. The van der Waals surface area contributed by atoms with Gasteiger partial charge in [0.1, 0.15) is 6.54 Å². The van der Waals surface area contributed by atoms with Crippen molar-refractivity contribution in [1.29, 1.82) is 0 Å². The topological polar surface area (TPSA) is 89.5 Å². The van der Waals surface area contributed by atoms with E-state index in [9.17, 15) is 18.0 Å². The largest absolute Gasteiger partial charge is 0.465 e. The Labute approximate surface area is 118 Å². The van der Waals surface area contributed by atoms with Gasteiger partial charge in [0.2, 0.25) is 5.91 Å². The molecule has 108 valence electrons. The summed E-state index contributed by atoms with van der Waals surface area (Å²) in [6, 6.07) is 6.29. The van der Waals surface area contributed by atoms with Crippen molar-refractivity contribution in [2.24, 2.45) is 0 Å². The molecule has 0 radical (unpaired) electrons. The van der Waals surface area contributed by atoms with Gasteiger partial charge in [-0.25, -0.2) is 8.42 Å². The van der Waals surface area contributed by atoms with Crippen LogP contribution in [0.4, 0.5) is 0 Å². The van der Waals surface area contributed by atoms with Gasteiger partial charge in [-0.15, -0.1) is 0 Å². The van der Waals surface area contributed by atoms with E-state index in [0.717, 1.165) is 6.08 Å². The summed E-state index contributed by atoms with van der Waals surface area (Å²) < 4.78 is 26.6. The van der Waals surface area contributed by atoms with Crippen molar-refractivity contribution in [1.82, 2.24) is 5.32 Å². The fraction of sp³-hybridized carbons (Fsp3) is 0.231. The number of benzene rings is 1. The Balaban J connectivity index is 2.64. The van der Waals surface area contributed by atoms with Gasteiger partial charge in [0.05, 0.1) is 11.5 Å². The number of esters is 1. The second kappa shape index (κ2) is 8.11. The molecular formula is C13H15NO5S. The fourth-order valence-electron chi connectivity index (χ4n) is 1.39. The molecule has 20 heavy (non-hydrogen) atoms. The van der Waals surface area contributed by atoms with Crippen molar-refractivity contribution in [3.8, 4) is 0 Å². The monoisotopic (exact) mass is 297 g/mol. The third kappa shape index (κ3) is 5.23. The molecule has 1 aromatic rings. The lowest BCUT2D eigenvalue weighted by Crippen LogP contribution is -2.29. The van der Waals surface area contributed by atoms with E-state index in [0.29, 0.717) is 5.56 Å². The molecular weight excluding hydrogens is 282 g/mol. The zero-order chi connectivity index (χ0) is 15.0. The first-order chi connectivity index (χ1) is 9.54. The quantitative estimate of drug-likeness (QED) is 0.449. The molecule has 1 rings (SSSR count). The van der Waals surface area contributed by atoms with Crippen LogP contribution in [0.5, 0.6) is 0 Å². The summed E-state index contributed by atoms with van der Waals surface area (Å²) in [6.07, 6.45) is 2.54. The van der Waals surface area contributed by atoms with Crippen LogP contribution in [0.1, 0.15) is 12.5 Å². The molecule has 0 aliphatic rings. The second-order valence-electron chi connectivity index (χ2n) is 3.67. The highest BCUT2D eigenvalue weighted by atomic mass is 32.2. The summed E-state index contributed by atoms with van der Waals surface area (Å²) >= 11 is 0. The number of carbonyl (C=O) groups excluding carboxylic acids is 2. The molecule has 0 aliphatic carbocycles. The Bertz CT molecular complexity index is 584. The van der Waals surface area contributed by atoms with Crippen molar-refractivity contribution in [2.75, 3.05) is 13.2 Å². The molecule has 1 amide bonds. The maximum absolute atomic E-state index is 11.4. The van der Waals surface area contributed by atoms with Gasteiger partial charge in [-0.05, 0) is 24.6 Å². The number of hydrogen-bond donors (Lipinski definition) is 2. The van der Waals surface area contributed by atoms with Crippen LogP contribution < -0.4 is 5.32 Å². The van der Waals surface area contributed by atoms with Gasteiger partial charge in [0.25, 0.3) is 0 Å². The number of nitrogens with one attached hydrogen (secondary N) is 1. The number of hydrogen-bond acceptors (Lipinski definition) is 5. The third-order valence-electron chi connectivity index (χ3n) is 2.26. The molecule has 0 bridgehead atoms. The molecule has 0 fully saturated rings. The molecule has 0 heterocycles. The van der Waals surface area contributed by atoms with E-state index >= 15 is 0 Å². The van der Waals surface area contributed by atoms with E-state index in [2.05, 4.69) is 10.1 Å². The summed E-state index contributed by atoms with van der Waals surface area (Å²) in [5.41, 5.74) is 0.412. The van der Waals surface area contributed by atoms with Gasteiger partial charge in [0.15, 0.2) is 10.7 Å². The highest BCUT2D eigenvalue weighted by molar-refractivity contribution is 7.72. The predicted octanol–water partition coefficient (Wildman–Crippen LogP) is 0.349. The van der Waals surface area contributed by atoms with E-state index in [1.165, 1.54) is 12.1 Å². The Morgan fingerprint density at radius 1 is 1.30 bits per heavy atom. The molecule has 0 saturated heterocycles. The minimum atomic E-state index is -2.73. The number of ether oxygens (including phenoxy) is 1. The number of rotatable bonds is 6. The Kier molecular flexibility index (Phi) is 6.45. The van der Waals surface area contributed by atoms with Crippen LogP contribution in [0.2, 0.25) is 0 Å². The fourth-order valence-corrected chi connectivity index (χ4v) is 1.96. The van der Waals surface area contributed by atoms with Crippen molar-refractivity contribution >= 4 is 28.7 Å². The van der Waals surface area contributed by atoms with E-state index in [1.54, 1.807) is 25.1 Å². The van der Waals surface area contributed by atoms with Gasteiger partial charge in [-0.2, -0.15) is 0 Å². The van der Waals surface area contributed by atoms with Crippen molar-refractivity contribution in [3.63, 3.8) is 0 Å². The standard InChI is InChI=1S/C13H15NO5S/c1-2-19-13(16)9-14-12(15)8-7-10-5-3-4-6-11(10)20(17)18/h3-8,20H,2,9H2,1H3,(H,14,15)/b8-7+. The van der Waals surface area contributed by atoms with E-state index in [4.69, 9.17) is 0 Å². The van der Waals surface area contributed by atoms with Gasteiger partial charge < -0.3 is 10.1 Å². The molecule has 0 aromatic heterocycles. The Morgan fingerprint density at radius 3 is 2.65 bits per heavy atom. The van der Waals surface area contributed by atoms with Crippen molar-refractivity contribution in [2.45, 2.75) is 11.8 Å². The van der Waals surface area contributed by atoms with E-state index in [1.807, 2.05) is 0 Å². The number of thiol groups is 1. The lowest BCUT2D eigenvalue weighted by Gasteiger charge is -2.02. The van der Waals surface area contributed by atoms with Gasteiger partial charge >= 0.3 is 5.97 Å². The summed E-state index contributed by atoms with van der Waals surface area (Å²) in [4.78, 5) is 22.6. The molecule has 1 aromatic carbocycles. The molecule has 0 saturated carbocycles. The molecule has 0 spiro atoms. The van der Waals surface area contributed by atoms with Gasteiger partial charge in [-0.3, -0.25) is 9.59 Å². The van der Waals surface area contributed by atoms with Crippen LogP contribution in [-0.4, -0.2) is 33.4 Å². The average Bonchev–Trinajstić information content (AvgIpc) is 2.43.